The molecule has 136 valence electrons. The number of rotatable bonds is 4. The van der Waals surface area contributed by atoms with E-state index in [1.165, 1.54) is 12.0 Å². The van der Waals surface area contributed by atoms with Gasteiger partial charge in [-0.25, -0.2) is 0 Å². The molecule has 0 saturated carbocycles. The molecule has 0 amide bonds. The van der Waals surface area contributed by atoms with Crippen LogP contribution in [0.3, 0.4) is 0 Å². The zero-order chi connectivity index (χ0) is 17.9. The summed E-state index contributed by atoms with van der Waals surface area (Å²) in [6.07, 6.45) is 3.88. The van der Waals surface area contributed by atoms with Crippen molar-refractivity contribution < 1.29 is 9.53 Å². The first-order chi connectivity index (χ1) is 12.7. The van der Waals surface area contributed by atoms with Gasteiger partial charge in [-0.3, -0.25) is 4.79 Å². The highest BCUT2D eigenvalue weighted by molar-refractivity contribution is 5.98. The summed E-state index contributed by atoms with van der Waals surface area (Å²) >= 11 is 0. The molecule has 2 atom stereocenters. The average molecular weight is 349 g/mol. The van der Waals surface area contributed by atoms with Crippen LogP contribution in [-0.2, 0) is 6.42 Å². The van der Waals surface area contributed by atoms with Crippen molar-refractivity contribution in [3.63, 3.8) is 0 Å². The number of methoxy groups -OCH3 is 1. The predicted octanol–water partition coefficient (Wildman–Crippen LogP) is 4.32. The van der Waals surface area contributed by atoms with Crippen molar-refractivity contribution in [3.8, 4) is 5.75 Å². The number of nitrogens with zero attached hydrogens (tertiary/aromatic N) is 1. The zero-order valence-corrected chi connectivity index (χ0v) is 15.5. The highest BCUT2D eigenvalue weighted by Crippen LogP contribution is 2.33. The smallest absolute Gasteiger partial charge is 0.163 e. The van der Waals surface area contributed by atoms with E-state index in [4.69, 9.17) is 4.74 Å². The van der Waals surface area contributed by atoms with Crippen LogP contribution in [0.1, 0.15) is 46.7 Å². The second kappa shape index (κ2) is 7.63. The first kappa shape index (κ1) is 17.3. The number of fused-ring (bicyclic) bond motifs is 1. The third-order valence-corrected chi connectivity index (χ3v) is 5.99. The maximum atomic E-state index is 12.8. The lowest BCUT2D eigenvalue weighted by Gasteiger charge is -2.22. The molecule has 1 saturated heterocycles. The molecule has 2 aliphatic rings. The van der Waals surface area contributed by atoms with E-state index in [0.717, 1.165) is 49.4 Å². The van der Waals surface area contributed by atoms with Crippen LogP contribution in [0.2, 0.25) is 0 Å². The fraction of sp³-hybridized carbons (Fsp3) is 0.435. The summed E-state index contributed by atoms with van der Waals surface area (Å²) in [4.78, 5) is 15.3. The first-order valence-corrected chi connectivity index (χ1v) is 9.71. The Morgan fingerprint density at radius 3 is 2.73 bits per heavy atom. The number of likely N-dealkylation sites (tertiary alicyclic amines) is 1. The largest absolute Gasteiger partial charge is 0.496 e. The molecule has 0 bridgehead atoms. The summed E-state index contributed by atoms with van der Waals surface area (Å²) in [5.41, 5.74) is 3.42. The van der Waals surface area contributed by atoms with Crippen molar-refractivity contribution in [2.75, 3.05) is 26.7 Å². The van der Waals surface area contributed by atoms with Gasteiger partial charge in [-0.15, -0.1) is 0 Å². The Balaban J connectivity index is 1.41. The first-order valence-electron chi connectivity index (χ1n) is 9.71. The van der Waals surface area contributed by atoms with E-state index in [9.17, 15) is 4.79 Å². The molecule has 1 aliphatic heterocycles. The Morgan fingerprint density at radius 1 is 1.08 bits per heavy atom. The van der Waals surface area contributed by atoms with Gasteiger partial charge in [0.2, 0.25) is 0 Å². The highest BCUT2D eigenvalue weighted by Gasteiger charge is 2.29. The summed E-state index contributed by atoms with van der Waals surface area (Å²) in [5.74, 6) is 2.21. The molecule has 1 aliphatic carbocycles. The van der Waals surface area contributed by atoms with E-state index >= 15 is 0 Å². The Labute approximate surface area is 156 Å². The standard InChI is InChI=1S/C23H27NO2/c1-26-23-9-5-8-20-21(23)11-10-17(14-22(20)25)15-24-13-12-19(16-24)18-6-3-2-4-7-18/h2-9,17,19H,10-16H2,1H3. The van der Waals surface area contributed by atoms with E-state index in [1.807, 2.05) is 18.2 Å². The van der Waals surface area contributed by atoms with Gasteiger partial charge in [0.1, 0.15) is 5.75 Å². The fourth-order valence-electron chi connectivity index (χ4n) is 4.62. The minimum absolute atomic E-state index is 0.278. The SMILES string of the molecule is COc1cccc2c1CCC(CN1CCC(c3ccccc3)C1)CC2=O. The number of ether oxygens (including phenoxy) is 1. The molecule has 3 heteroatoms. The molecule has 3 nitrogen and oxygen atoms in total. The summed E-state index contributed by atoms with van der Waals surface area (Å²) in [6.45, 7) is 3.29. The van der Waals surface area contributed by atoms with Crippen LogP contribution in [0.4, 0.5) is 0 Å². The lowest BCUT2D eigenvalue weighted by Crippen LogP contribution is -2.28. The van der Waals surface area contributed by atoms with Gasteiger partial charge in [0, 0.05) is 30.6 Å². The molecule has 2 aromatic carbocycles. The van der Waals surface area contributed by atoms with E-state index < -0.39 is 0 Å². The number of Topliss-reactive ketones (excluding diaryl/α,β-unsaturated/α-hetero) is 1. The van der Waals surface area contributed by atoms with Crippen molar-refractivity contribution in [2.45, 2.75) is 31.6 Å². The molecular formula is C23H27NO2. The van der Waals surface area contributed by atoms with Crippen LogP contribution in [0.5, 0.6) is 5.75 Å². The number of carbonyl (C=O) groups excluding carboxylic acids is 1. The summed E-state index contributed by atoms with van der Waals surface area (Å²) in [6, 6.07) is 16.7. The molecule has 2 unspecified atom stereocenters. The molecule has 26 heavy (non-hydrogen) atoms. The number of hydrogen-bond donors (Lipinski definition) is 0. The molecule has 0 spiro atoms. The minimum Gasteiger partial charge on any atom is -0.496 e. The lowest BCUT2D eigenvalue weighted by atomic mass is 9.97. The lowest BCUT2D eigenvalue weighted by molar-refractivity contribution is 0.0952. The maximum absolute atomic E-state index is 12.8. The monoisotopic (exact) mass is 349 g/mol. The van der Waals surface area contributed by atoms with Gasteiger partial charge in [-0.2, -0.15) is 0 Å². The van der Waals surface area contributed by atoms with Crippen molar-refractivity contribution >= 4 is 5.78 Å². The number of hydrogen-bond acceptors (Lipinski definition) is 3. The quantitative estimate of drug-likeness (QED) is 0.770. The Kier molecular flexibility index (Phi) is 5.07. The van der Waals surface area contributed by atoms with Gasteiger partial charge in [0.15, 0.2) is 5.78 Å². The minimum atomic E-state index is 0.278. The third kappa shape index (κ3) is 3.54. The van der Waals surface area contributed by atoms with E-state index in [-0.39, 0.29) is 5.78 Å². The third-order valence-electron chi connectivity index (χ3n) is 5.99. The molecule has 0 radical (unpaired) electrons. The maximum Gasteiger partial charge on any atom is 0.163 e. The molecule has 2 aromatic rings. The second-order valence-electron chi connectivity index (χ2n) is 7.67. The van der Waals surface area contributed by atoms with Crippen molar-refractivity contribution in [1.82, 2.24) is 4.90 Å². The van der Waals surface area contributed by atoms with Crippen molar-refractivity contribution in [3.05, 3.63) is 65.2 Å². The van der Waals surface area contributed by atoms with Crippen LogP contribution in [0, 0.1) is 5.92 Å². The van der Waals surface area contributed by atoms with Crippen LogP contribution in [0.25, 0.3) is 0 Å². The van der Waals surface area contributed by atoms with Crippen LogP contribution in [0.15, 0.2) is 48.5 Å². The molecule has 4 rings (SSSR count). The van der Waals surface area contributed by atoms with Gasteiger partial charge < -0.3 is 9.64 Å². The Bertz CT molecular complexity index is 771. The summed E-state index contributed by atoms with van der Waals surface area (Å²) < 4.78 is 5.49. The number of ketones is 1. The number of carbonyl (C=O) groups is 1. The molecule has 1 heterocycles. The van der Waals surface area contributed by atoms with Gasteiger partial charge in [0.05, 0.1) is 7.11 Å². The van der Waals surface area contributed by atoms with E-state index in [2.05, 4.69) is 35.2 Å². The van der Waals surface area contributed by atoms with Gasteiger partial charge in [-0.05, 0) is 49.3 Å². The Morgan fingerprint density at radius 2 is 1.92 bits per heavy atom. The zero-order valence-electron chi connectivity index (χ0n) is 15.5. The normalized spacial score (nSPS) is 23.5. The van der Waals surface area contributed by atoms with Crippen molar-refractivity contribution in [1.29, 1.82) is 0 Å². The Hall–Kier alpha value is -2.13. The summed E-state index contributed by atoms with van der Waals surface area (Å²) in [5, 5.41) is 0. The number of benzene rings is 2. The van der Waals surface area contributed by atoms with Crippen molar-refractivity contribution in [2.24, 2.45) is 5.92 Å². The average Bonchev–Trinajstić information content (AvgIpc) is 3.08. The summed E-state index contributed by atoms with van der Waals surface area (Å²) in [7, 11) is 1.69. The van der Waals surface area contributed by atoms with E-state index in [0.29, 0.717) is 18.3 Å². The predicted molar refractivity (Wildman–Crippen MR) is 104 cm³/mol. The fourth-order valence-corrected chi connectivity index (χ4v) is 4.62. The van der Waals surface area contributed by atoms with E-state index in [1.54, 1.807) is 7.11 Å². The van der Waals surface area contributed by atoms with Gasteiger partial charge in [-0.1, -0.05) is 42.5 Å². The topological polar surface area (TPSA) is 29.5 Å². The van der Waals surface area contributed by atoms with Crippen LogP contribution in [-0.4, -0.2) is 37.4 Å². The molecular weight excluding hydrogens is 322 g/mol. The highest BCUT2D eigenvalue weighted by atomic mass is 16.5. The molecule has 1 fully saturated rings. The molecule has 0 aromatic heterocycles. The second-order valence-corrected chi connectivity index (χ2v) is 7.67. The van der Waals surface area contributed by atoms with Crippen LogP contribution < -0.4 is 4.74 Å². The van der Waals surface area contributed by atoms with Crippen LogP contribution >= 0.6 is 0 Å². The van der Waals surface area contributed by atoms with Gasteiger partial charge >= 0.3 is 0 Å². The van der Waals surface area contributed by atoms with Gasteiger partial charge in [0.25, 0.3) is 0 Å². The molecule has 0 N–H and O–H groups in total.